The van der Waals surface area contributed by atoms with Gasteiger partial charge in [-0.15, -0.1) is 0 Å². The Morgan fingerprint density at radius 3 is 2.23 bits per heavy atom. The zero-order chi connectivity index (χ0) is 22.3. The summed E-state index contributed by atoms with van der Waals surface area (Å²) in [6.45, 7) is 5.69. The molecule has 3 rings (SSSR count). The van der Waals surface area contributed by atoms with E-state index in [0.717, 1.165) is 57.7 Å². The third-order valence-electron chi connectivity index (χ3n) is 6.32. The summed E-state index contributed by atoms with van der Waals surface area (Å²) < 4.78 is 26.5. The molecule has 0 unspecified atom stereocenters. The molecule has 0 aromatic heterocycles. The SMILES string of the molecule is CN(C)S(=O)(=O)c1ccc(N2CCCCC2)c(C(=O)NCCCN2CCCCCC2)c1. The summed E-state index contributed by atoms with van der Waals surface area (Å²) in [5.74, 6) is -0.188. The summed E-state index contributed by atoms with van der Waals surface area (Å²) in [6, 6.07) is 4.96. The van der Waals surface area contributed by atoms with Crippen LogP contribution in [-0.4, -0.2) is 76.9 Å². The Hall–Kier alpha value is -1.64. The van der Waals surface area contributed by atoms with Gasteiger partial charge in [-0.05, 0) is 76.4 Å². The number of hydrogen-bond donors (Lipinski definition) is 1. The molecule has 1 aromatic rings. The first-order chi connectivity index (χ1) is 14.9. The normalized spacial score (nSPS) is 18.7. The van der Waals surface area contributed by atoms with Crippen molar-refractivity contribution in [2.45, 2.75) is 56.3 Å². The van der Waals surface area contributed by atoms with Gasteiger partial charge in [0.1, 0.15) is 0 Å². The Labute approximate surface area is 187 Å². The molecule has 0 saturated carbocycles. The molecular formula is C23H38N4O3S. The maximum atomic E-state index is 13.1. The number of rotatable bonds is 8. The highest BCUT2D eigenvalue weighted by Crippen LogP contribution is 2.28. The molecule has 2 heterocycles. The molecule has 2 fully saturated rings. The van der Waals surface area contributed by atoms with Gasteiger partial charge >= 0.3 is 0 Å². The van der Waals surface area contributed by atoms with Crippen LogP contribution in [0.4, 0.5) is 5.69 Å². The molecule has 7 nitrogen and oxygen atoms in total. The highest BCUT2D eigenvalue weighted by molar-refractivity contribution is 7.89. The fourth-order valence-corrected chi connectivity index (χ4v) is 5.37. The average Bonchev–Trinajstić information content (AvgIpc) is 3.05. The second-order valence-electron chi connectivity index (χ2n) is 8.88. The first-order valence-corrected chi connectivity index (χ1v) is 13.2. The Morgan fingerprint density at radius 1 is 0.968 bits per heavy atom. The number of benzene rings is 1. The minimum Gasteiger partial charge on any atom is -0.371 e. The van der Waals surface area contributed by atoms with Crippen molar-refractivity contribution in [1.29, 1.82) is 0 Å². The number of anilines is 1. The van der Waals surface area contributed by atoms with E-state index in [9.17, 15) is 13.2 Å². The summed E-state index contributed by atoms with van der Waals surface area (Å²) >= 11 is 0. The minimum absolute atomic E-state index is 0.160. The van der Waals surface area contributed by atoms with Gasteiger partial charge in [-0.1, -0.05) is 12.8 Å². The van der Waals surface area contributed by atoms with E-state index in [-0.39, 0.29) is 10.8 Å². The number of hydrogen-bond acceptors (Lipinski definition) is 5. The van der Waals surface area contributed by atoms with Crippen molar-refractivity contribution >= 4 is 21.6 Å². The van der Waals surface area contributed by atoms with Crippen molar-refractivity contribution in [3.63, 3.8) is 0 Å². The number of nitrogens with zero attached hydrogens (tertiary/aromatic N) is 3. The number of piperidine rings is 1. The lowest BCUT2D eigenvalue weighted by Gasteiger charge is -2.30. The molecule has 0 atom stereocenters. The van der Waals surface area contributed by atoms with E-state index in [1.54, 1.807) is 18.2 Å². The van der Waals surface area contributed by atoms with Crippen molar-refractivity contribution in [2.75, 3.05) is 58.3 Å². The number of likely N-dealkylation sites (tertiary alicyclic amines) is 1. The molecule has 0 radical (unpaired) electrons. The number of nitrogens with one attached hydrogen (secondary N) is 1. The van der Waals surface area contributed by atoms with Crippen LogP contribution in [-0.2, 0) is 10.0 Å². The predicted octanol–water partition coefficient (Wildman–Crippen LogP) is 2.92. The summed E-state index contributed by atoms with van der Waals surface area (Å²) in [5, 5.41) is 3.04. The Bertz CT molecular complexity index is 827. The molecule has 1 aromatic carbocycles. The zero-order valence-electron chi connectivity index (χ0n) is 19.1. The van der Waals surface area contributed by atoms with Crippen LogP contribution >= 0.6 is 0 Å². The summed E-state index contributed by atoms with van der Waals surface area (Å²) in [6.07, 6.45) is 9.44. The van der Waals surface area contributed by atoms with E-state index >= 15 is 0 Å². The summed E-state index contributed by atoms with van der Waals surface area (Å²) in [5.41, 5.74) is 1.29. The maximum absolute atomic E-state index is 13.1. The van der Waals surface area contributed by atoms with Crippen LogP contribution in [0, 0.1) is 0 Å². The Balaban J connectivity index is 1.70. The van der Waals surface area contributed by atoms with Crippen molar-refractivity contribution in [3.05, 3.63) is 23.8 Å². The molecule has 31 heavy (non-hydrogen) atoms. The van der Waals surface area contributed by atoms with Crippen molar-refractivity contribution in [2.24, 2.45) is 0 Å². The molecule has 1 N–H and O–H groups in total. The lowest BCUT2D eigenvalue weighted by atomic mass is 10.1. The maximum Gasteiger partial charge on any atom is 0.253 e. The number of carbonyl (C=O) groups is 1. The molecule has 0 spiro atoms. The third kappa shape index (κ3) is 6.43. The van der Waals surface area contributed by atoms with E-state index in [2.05, 4.69) is 15.1 Å². The van der Waals surface area contributed by atoms with Gasteiger partial charge in [0, 0.05) is 39.4 Å². The largest absolute Gasteiger partial charge is 0.371 e. The molecule has 174 valence electrons. The van der Waals surface area contributed by atoms with Crippen LogP contribution in [0.15, 0.2) is 23.1 Å². The monoisotopic (exact) mass is 450 g/mol. The van der Waals surface area contributed by atoms with Gasteiger partial charge in [-0.25, -0.2) is 12.7 Å². The third-order valence-corrected chi connectivity index (χ3v) is 8.13. The average molecular weight is 451 g/mol. The van der Waals surface area contributed by atoms with E-state index in [0.29, 0.717) is 12.1 Å². The molecule has 0 aliphatic carbocycles. The van der Waals surface area contributed by atoms with Gasteiger partial charge in [0.25, 0.3) is 5.91 Å². The highest BCUT2D eigenvalue weighted by atomic mass is 32.2. The predicted molar refractivity (Wildman–Crippen MR) is 125 cm³/mol. The summed E-state index contributed by atoms with van der Waals surface area (Å²) in [7, 11) is -0.575. The van der Waals surface area contributed by atoms with Gasteiger partial charge < -0.3 is 15.1 Å². The molecule has 0 bridgehead atoms. The molecular weight excluding hydrogens is 412 g/mol. The van der Waals surface area contributed by atoms with Crippen LogP contribution in [0.25, 0.3) is 0 Å². The van der Waals surface area contributed by atoms with E-state index in [1.807, 2.05) is 0 Å². The Kier molecular flexibility index (Phi) is 8.75. The van der Waals surface area contributed by atoms with Crippen LogP contribution < -0.4 is 10.2 Å². The minimum atomic E-state index is -3.60. The number of carbonyl (C=O) groups excluding carboxylic acids is 1. The topological polar surface area (TPSA) is 73.0 Å². The van der Waals surface area contributed by atoms with Crippen LogP contribution in [0.3, 0.4) is 0 Å². The van der Waals surface area contributed by atoms with Crippen molar-refractivity contribution in [1.82, 2.24) is 14.5 Å². The van der Waals surface area contributed by atoms with Gasteiger partial charge in [-0.3, -0.25) is 4.79 Å². The Morgan fingerprint density at radius 2 is 1.58 bits per heavy atom. The molecule has 2 aliphatic heterocycles. The van der Waals surface area contributed by atoms with Crippen LogP contribution in [0.1, 0.15) is 61.7 Å². The lowest BCUT2D eigenvalue weighted by molar-refractivity contribution is 0.0952. The fourth-order valence-electron chi connectivity index (χ4n) is 4.44. The quantitative estimate of drug-likeness (QED) is 0.617. The van der Waals surface area contributed by atoms with Gasteiger partial charge in [0.15, 0.2) is 0 Å². The molecule has 2 aliphatic rings. The molecule has 1 amide bonds. The van der Waals surface area contributed by atoms with E-state index in [4.69, 9.17) is 0 Å². The fraction of sp³-hybridized carbons (Fsp3) is 0.696. The second-order valence-corrected chi connectivity index (χ2v) is 11.0. The van der Waals surface area contributed by atoms with Crippen molar-refractivity contribution < 1.29 is 13.2 Å². The highest BCUT2D eigenvalue weighted by Gasteiger charge is 2.24. The summed E-state index contributed by atoms with van der Waals surface area (Å²) in [4.78, 5) is 18.0. The molecule has 2 saturated heterocycles. The van der Waals surface area contributed by atoms with Crippen LogP contribution in [0.2, 0.25) is 0 Å². The van der Waals surface area contributed by atoms with E-state index in [1.165, 1.54) is 50.5 Å². The smallest absolute Gasteiger partial charge is 0.253 e. The number of sulfonamides is 1. The first-order valence-electron chi connectivity index (χ1n) is 11.7. The van der Waals surface area contributed by atoms with Gasteiger partial charge in [-0.2, -0.15) is 0 Å². The van der Waals surface area contributed by atoms with Gasteiger partial charge in [0.05, 0.1) is 10.5 Å². The molecule has 8 heteroatoms. The first kappa shape index (κ1) is 24.0. The zero-order valence-corrected chi connectivity index (χ0v) is 19.9. The second kappa shape index (κ2) is 11.3. The van der Waals surface area contributed by atoms with E-state index < -0.39 is 10.0 Å². The van der Waals surface area contributed by atoms with Gasteiger partial charge in [0.2, 0.25) is 10.0 Å². The standard InChI is InChI=1S/C23H38N4O3S/c1-25(2)31(29,30)20-11-12-22(27-17-8-5-9-18-27)21(19-20)23(28)24-13-10-16-26-14-6-3-4-7-15-26/h11-12,19H,3-10,13-18H2,1-2H3,(H,24,28). The lowest BCUT2D eigenvalue weighted by Crippen LogP contribution is -2.34. The van der Waals surface area contributed by atoms with Crippen LogP contribution in [0.5, 0.6) is 0 Å². The van der Waals surface area contributed by atoms with Crippen molar-refractivity contribution in [3.8, 4) is 0 Å². The number of amides is 1.